The van der Waals surface area contributed by atoms with Crippen molar-refractivity contribution >= 4 is 0 Å². The molecule has 0 amide bonds. The Morgan fingerprint density at radius 1 is 1.05 bits per heavy atom. The zero-order valence-electron chi connectivity index (χ0n) is 12.1. The van der Waals surface area contributed by atoms with E-state index in [1.165, 1.54) is 11.1 Å². The monoisotopic (exact) mass is 270 g/mol. The second kappa shape index (κ2) is 7.06. The van der Waals surface area contributed by atoms with Gasteiger partial charge in [0.15, 0.2) is 0 Å². The highest BCUT2D eigenvalue weighted by molar-refractivity contribution is 5.26. The van der Waals surface area contributed by atoms with Crippen LogP contribution in [0.15, 0.2) is 48.8 Å². The van der Waals surface area contributed by atoms with E-state index in [4.69, 9.17) is 0 Å². The van der Waals surface area contributed by atoms with Gasteiger partial charge in [0.1, 0.15) is 5.75 Å². The molecule has 0 saturated carbocycles. The largest absolute Gasteiger partial charge is 0.508 e. The first-order valence-corrected chi connectivity index (χ1v) is 7.09. The lowest BCUT2D eigenvalue weighted by Crippen LogP contribution is -2.29. The maximum absolute atomic E-state index is 9.26. The summed E-state index contributed by atoms with van der Waals surface area (Å²) in [7, 11) is 0. The summed E-state index contributed by atoms with van der Waals surface area (Å²) in [4.78, 5) is 4.04. The maximum Gasteiger partial charge on any atom is 0.115 e. The molecule has 0 saturated heterocycles. The number of hydrogen-bond donors (Lipinski definition) is 2. The van der Waals surface area contributed by atoms with Crippen LogP contribution in [0.2, 0.25) is 0 Å². The Labute approximate surface area is 120 Å². The Balaban J connectivity index is 1.80. The standard InChI is InChI=1S/C17H22N2O/c1-13(3-4-15-5-7-17(20)8-6-15)19-14(2)16-9-11-18-12-10-16/h5-14,19-20H,3-4H2,1-2H3/t13?,14-/m1/s1. The summed E-state index contributed by atoms with van der Waals surface area (Å²) in [5.74, 6) is 0.325. The normalized spacial score (nSPS) is 13.9. The van der Waals surface area contributed by atoms with Crippen LogP contribution in [0.25, 0.3) is 0 Å². The summed E-state index contributed by atoms with van der Waals surface area (Å²) in [6.45, 7) is 4.38. The van der Waals surface area contributed by atoms with Gasteiger partial charge in [-0.15, -0.1) is 0 Å². The average Bonchev–Trinajstić information content (AvgIpc) is 2.47. The zero-order valence-corrected chi connectivity index (χ0v) is 12.1. The van der Waals surface area contributed by atoms with E-state index in [1.807, 2.05) is 36.7 Å². The van der Waals surface area contributed by atoms with Crippen LogP contribution in [0.5, 0.6) is 5.75 Å². The molecule has 0 fully saturated rings. The molecule has 0 aliphatic rings. The highest BCUT2D eigenvalue weighted by Gasteiger charge is 2.09. The summed E-state index contributed by atoms with van der Waals surface area (Å²) >= 11 is 0. The predicted octanol–water partition coefficient (Wildman–Crippen LogP) is 3.46. The van der Waals surface area contributed by atoms with E-state index in [9.17, 15) is 5.11 Å². The molecular formula is C17H22N2O. The molecular weight excluding hydrogens is 248 g/mol. The Hall–Kier alpha value is -1.87. The number of aromatic nitrogens is 1. The summed E-state index contributed by atoms with van der Waals surface area (Å²) in [5, 5.41) is 12.9. The van der Waals surface area contributed by atoms with Crippen molar-refractivity contribution in [1.29, 1.82) is 0 Å². The van der Waals surface area contributed by atoms with Crippen LogP contribution in [0, 0.1) is 0 Å². The molecule has 20 heavy (non-hydrogen) atoms. The van der Waals surface area contributed by atoms with Crippen molar-refractivity contribution in [2.75, 3.05) is 0 Å². The van der Waals surface area contributed by atoms with Gasteiger partial charge in [-0.1, -0.05) is 12.1 Å². The molecule has 0 bridgehead atoms. The van der Waals surface area contributed by atoms with Crippen LogP contribution in [0.3, 0.4) is 0 Å². The lowest BCUT2D eigenvalue weighted by Gasteiger charge is -2.20. The van der Waals surface area contributed by atoms with Crippen molar-refractivity contribution < 1.29 is 5.11 Å². The van der Waals surface area contributed by atoms with Gasteiger partial charge in [-0.2, -0.15) is 0 Å². The minimum Gasteiger partial charge on any atom is -0.508 e. The molecule has 0 aliphatic heterocycles. The Kier molecular flexibility index (Phi) is 5.13. The molecule has 3 nitrogen and oxygen atoms in total. The molecule has 2 rings (SSSR count). The van der Waals surface area contributed by atoms with Gasteiger partial charge in [-0.3, -0.25) is 4.98 Å². The molecule has 3 heteroatoms. The minimum absolute atomic E-state index is 0.325. The van der Waals surface area contributed by atoms with Gasteiger partial charge in [0.25, 0.3) is 0 Å². The van der Waals surface area contributed by atoms with Crippen molar-refractivity contribution in [3.05, 3.63) is 59.9 Å². The quantitative estimate of drug-likeness (QED) is 0.845. The van der Waals surface area contributed by atoms with E-state index >= 15 is 0 Å². The fourth-order valence-corrected chi connectivity index (χ4v) is 2.30. The SMILES string of the molecule is CC(CCc1ccc(O)cc1)N[C@H](C)c1ccncc1. The topological polar surface area (TPSA) is 45.1 Å². The number of nitrogens with one attached hydrogen (secondary N) is 1. The first-order valence-electron chi connectivity index (χ1n) is 7.09. The van der Waals surface area contributed by atoms with Crippen LogP contribution in [0.1, 0.15) is 37.4 Å². The molecule has 1 aromatic carbocycles. The van der Waals surface area contributed by atoms with Gasteiger partial charge in [-0.25, -0.2) is 0 Å². The first-order chi connectivity index (χ1) is 9.65. The third kappa shape index (κ3) is 4.35. The van der Waals surface area contributed by atoms with E-state index in [-0.39, 0.29) is 0 Å². The predicted molar refractivity (Wildman–Crippen MR) is 81.7 cm³/mol. The van der Waals surface area contributed by atoms with Gasteiger partial charge in [0.05, 0.1) is 0 Å². The molecule has 0 spiro atoms. The number of hydrogen-bond acceptors (Lipinski definition) is 3. The van der Waals surface area contributed by atoms with Gasteiger partial charge in [0, 0.05) is 24.5 Å². The average molecular weight is 270 g/mol. The summed E-state index contributed by atoms with van der Waals surface area (Å²) in [5.41, 5.74) is 2.52. The third-order valence-electron chi connectivity index (χ3n) is 3.54. The summed E-state index contributed by atoms with van der Waals surface area (Å²) < 4.78 is 0. The molecule has 106 valence electrons. The molecule has 1 unspecified atom stereocenters. The second-order valence-corrected chi connectivity index (χ2v) is 5.28. The lowest BCUT2D eigenvalue weighted by atomic mass is 10.0. The number of phenols is 1. The second-order valence-electron chi connectivity index (χ2n) is 5.28. The summed E-state index contributed by atoms with van der Waals surface area (Å²) in [6.07, 6.45) is 5.74. The van der Waals surface area contributed by atoms with E-state index in [0.29, 0.717) is 17.8 Å². The number of pyridine rings is 1. The van der Waals surface area contributed by atoms with Crippen LogP contribution >= 0.6 is 0 Å². The fraction of sp³-hybridized carbons (Fsp3) is 0.353. The van der Waals surface area contributed by atoms with Crippen molar-refractivity contribution in [2.45, 2.75) is 38.8 Å². The van der Waals surface area contributed by atoms with E-state index in [1.54, 1.807) is 12.1 Å². The van der Waals surface area contributed by atoms with Crippen LogP contribution in [0.4, 0.5) is 0 Å². The number of aromatic hydroxyl groups is 1. The Morgan fingerprint density at radius 3 is 2.35 bits per heavy atom. The van der Waals surface area contributed by atoms with Gasteiger partial charge in [-0.05, 0) is 62.1 Å². The smallest absolute Gasteiger partial charge is 0.115 e. The van der Waals surface area contributed by atoms with Crippen LogP contribution in [-0.2, 0) is 6.42 Å². The number of benzene rings is 1. The number of aryl methyl sites for hydroxylation is 1. The highest BCUT2D eigenvalue weighted by atomic mass is 16.3. The molecule has 2 atom stereocenters. The van der Waals surface area contributed by atoms with Gasteiger partial charge in [0.2, 0.25) is 0 Å². The zero-order chi connectivity index (χ0) is 14.4. The van der Waals surface area contributed by atoms with Crippen LogP contribution in [-0.4, -0.2) is 16.1 Å². The number of rotatable bonds is 6. The van der Waals surface area contributed by atoms with Crippen molar-refractivity contribution in [3.8, 4) is 5.75 Å². The highest BCUT2D eigenvalue weighted by Crippen LogP contribution is 2.15. The molecule has 0 aliphatic carbocycles. The molecule has 0 radical (unpaired) electrons. The molecule has 2 aromatic rings. The Bertz CT molecular complexity index is 510. The molecule has 2 N–H and O–H groups in total. The maximum atomic E-state index is 9.26. The Morgan fingerprint density at radius 2 is 1.70 bits per heavy atom. The van der Waals surface area contributed by atoms with Crippen LogP contribution < -0.4 is 5.32 Å². The minimum atomic E-state index is 0.325. The third-order valence-corrected chi connectivity index (χ3v) is 3.54. The van der Waals surface area contributed by atoms with E-state index in [2.05, 4.69) is 24.1 Å². The molecule has 1 heterocycles. The summed E-state index contributed by atoms with van der Waals surface area (Å²) in [6, 6.07) is 12.3. The van der Waals surface area contributed by atoms with Crippen molar-refractivity contribution in [2.24, 2.45) is 0 Å². The van der Waals surface area contributed by atoms with Crippen molar-refractivity contribution in [3.63, 3.8) is 0 Å². The number of phenolic OH excluding ortho intramolecular Hbond substituents is 1. The van der Waals surface area contributed by atoms with Gasteiger partial charge < -0.3 is 10.4 Å². The lowest BCUT2D eigenvalue weighted by molar-refractivity contribution is 0.455. The van der Waals surface area contributed by atoms with Crippen molar-refractivity contribution in [1.82, 2.24) is 10.3 Å². The fourth-order valence-electron chi connectivity index (χ4n) is 2.30. The number of nitrogens with zero attached hydrogens (tertiary/aromatic N) is 1. The first kappa shape index (κ1) is 14.5. The van der Waals surface area contributed by atoms with E-state index < -0.39 is 0 Å². The molecule has 1 aromatic heterocycles. The van der Waals surface area contributed by atoms with E-state index in [0.717, 1.165) is 12.8 Å². The van der Waals surface area contributed by atoms with Gasteiger partial charge >= 0.3 is 0 Å².